The average Bonchev–Trinajstić information content (AvgIpc) is 2.66. The van der Waals surface area contributed by atoms with E-state index in [4.69, 9.17) is 14.2 Å². The fourth-order valence-electron chi connectivity index (χ4n) is 3.06. The molecule has 0 aliphatic carbocycles. The zero-order valence-corrected chi connectivity index (χ0v) is 21.0. The standard InChI is InChI=1S/C29H36O4/c1-10-11-22-18-23(27(33-29(7,8)9)19-26(22)32-28(4,5)6)14-17-25(30)21-12-15-24(16-13-21)31-20(2)3/h10,12-19H,1-2,11H2,3-9H3. The normalized spacial score (nSPS) is 11.8. The van der Waals surface area contributed by atoms with Gasteiger partial charge >= 0.3 is 0 Å². The fourth-order valence-corrected chi connectivity index (χ4v) is 3.06. The first-order valence-electron chi connectivity index (χ1n) is 11.1. The molecule has 0 atom stereocenters. The molecule has 0 spiro atoms. The molecule has 0 aliphatic rings. The molecular formula is C29H36O4. The number of rotatable bonds is 9. The van der Waals surface area contributed by atoms with E-state index in [0.29, 0.717) is 29.2 Å². The summed E-state index contributed by atoms with van der Waals surface area (Å²) in [7, 11) is 0. The zero-order chi connectivity index (χ0) is 24.8. The minimum absolute atomic E-state index is 0.112. The van der Waals surface area contributed by atoms with E-state index in [1.807, 2.05) is 59.8 Å². The van der Waals surface area contributed by atoms with Crippen LogP contribution in [-0.2, 0) is 6.42 Å². The minimum atomic E-state index is -0.412. The third kappa shape index (κ3) is 8.64. The van der Waals surface area contributed by atoms with Gasteiger partial charge in [-0.3, -0.25) is 4.79 Å². The van der Waals surface area contributed by atoms with E-state index in [1.54, 1.807) is 43.3 Å². The van der Waals surface area contributed by atoms with Gasteiger partial charge < -0.3 is 14.2 Å². The molecule has 0 amide bonds. The first-order valence-corrected chi connectivity index (χ1v) is 11.1. The molecule has 33 heavy (non-hydrogen) atoms. The highest BCUT2D eigenvalue weighted by atomic mass is 16.5. The van der Waals surface area contributed by atoms with Crippen LogP contribution < -0.4 is 14.2 Å². The van der Waals surface area contributed by atoms with Crippen molar-refractivity contribution >= 4 is 11.9 Å². The van der Waals surface area contributed by atoms with Crippen molar-refractivity contribution < 1.29 is 19.0 Å². The van der Waals surface area contributed by atoms with Gasteiger partial charge in [-0.1, -0.05) is 12.7 Å². The molecule has 0 saturated carbocycles. The average molecular weight is 449 g/mol. The van der Waals surface area contributed by atoms with Crippen LogP contribution in [0, 0.1) is 0 Å². The van der Waals surface area contributed by atoms with Crippen LogP contribution in [0.2, 0.25) is 0 Å². The van der Waals surface area contributed by atoms with Gasteiger partial charge in [-0.05, 0) is 103 Å². The Kier molecular flexibility index (Phi) is 8.32. The zero-order valence-electron chi connectivity index (χ0n) is 21.0. The van der Waals surface area contributed by atoms with Gasteiger partial charge in [0.1, 0.15) is 28.5 Å². The van der Waals surface area contributed by atoms with Crippen molar-refractivity contribution in [3.05, 3.63) is 84.2 Å². The molecule has 0 unspecified atom stereocenters. The van der Waals surface area contributed by atoms with Gasteiger partial charge in [0.2, 0.25) is 0 Å². The Balaban J connectivity index is 2.42. The summed E-state index contributed by atoms with van der Waals surface area (Å²) in [6.07, 6.45) is 5.82. The summed E-state index contributed by atoms with van der Waals surface area (Å²) in [5, 5.41) is 0. The van der Waals surface area contributed by atoms with Gasteiger partial charge in [0.15, 0.2) is 5.78 Å². The summed E-state index contributed by atoms with van der Waals surface area (Å²) in [4.78, 5) is 12.8. The Morgan fingerprint density at radius 2 is 1.52 bits per heavy atom. The van der Waals surface area contributed by atoms with E-state index in [0.717, 1.165) is 16.9 Å². The quantitative estimate of drug-likeness (QED) is 0.172. The summed E-state index contributed by atoms with van der Waals surface area (Å²) in [6.45, 7) is 21.4. The molecule has 176 valence electrons. The molecule has 4 heteroatoms. The molecule has 0 radical (unpaired) electrons. The maximum Gasteiger partial charge on any atom is 0.185 e. The van der Waals surface area contributed by atoms with E-state index in [1.165, 1.54) is 0 Å². The van der Waals surface area contributed by atoms with Crippen molar-refractivity contribution in [1.82, 2.24) is 0 Å². The topological polar surface area (TPSA) is 44.8 Å². The third-order valence-corrected chi connectivity index (χ3v) is 4.23. The fraction of sp³-hybridized carbons (Fsp3) is 0.345. The molecule has 0 aromatic heterocycles. The van der Waals surface area contributed by atoms with Gasteiger partial charge in [0, 0.05) is 17.2 Å². The second kappa shape index (κ2) is 10.6. The van der Waals surface area contributed by atoms with Crippen LogP contribution in [0.5, 0.6) is 17.2 Å². The van der Waals surface area contributed by atoms with Gasteiger partial charge in [-0.2, -0.15) is 0 Å². The lowest BCUT2D eigenvalue weighted by atomic mass is 10.0. The molecule has 2 rings (SSSR count). The second-order valence-corrected chi connectivity index (χ2v) is 9.95. The molecule has 0 heterocycles. The summed E-state index contributed by atoms with van der Waals surface area (Å²) in [5.41, 5.74) is 1.58. The van der Waals surface area contributed by atoms with E-state index >= 15 is 0 Å². The number of benzene rings is 2. The van der Waals surface area contributed by atoms with Crippen molar-refractivity contribution in [2.24, 2.45) is 0 Å². The number of carbonyl (C=O) groups is 1. The Morgan fingerprint density at radius 1 is 0.939 bits per heavy atom. The van der Waals surface area contributed by atoms with Crippen molar-refractivity contribution in [1.29, 1.82) is 0 Å². The van der Waals surface area contributed by atoms with Gasteiger partial charge in [-0.25, -0.2) is 0 Å². The molecule has 4 nitrogen and oxygen atoms in total. The van der Waals surface area contributed by atoms with Crippen LogP contribution in [0.3, 0.4) is 0 Å². The lowest BCUT2D eigenvalue weighted by molar-refractivity contribution is 0.104. The minimum Gasteiger partial charge on any atom is -0.488 e. The van der Waals surface area contributed by atoms with Crippen molar-refractivity contribution in [2.45, 2.75) is 66.1 Å². The maximum absolute atomic E-state index is 12.8. The number of hydrogen-bond acceptors (Lipinski definition) is 4. The van der Waals surface area contributed by atoms with E-state index in [2.05, 4.69) is 13.2 Å². The number of carbonyl (C=O) groups excluding carboxylic acids is 1. The van der Waals surface area contributed by atoms with Crippen molar-refractivity contribution in [3.63, 3.8) is 0 Å². The van der Waals surface area contributed by atoms with Crippen molar-refractivity contribution in [2.75, 3.05) is 0 Å². The van der Waals surface area contributed by atoms with Crippen LogP contribution >= 0.6 is 0 Å². The summed E-state index contributed by atoms with van der Waals surface area (Å²) < 4.78 is 17.9. The summed E-state index contributed by atoms with van der Waals surface area (Å²) >= 11 is 0. The highest BCUT2D eigenvalue weighted by molar-refractivity contribution is 6.07. The second-order valence-electron chi connectivity index (χ2n) is 9.95. The molecule has 0 fully saturated rings. The Bertz CT molecular complexity index is 1030. The number of hydrogen-bond donors (Lipinski definition) is 0. The predicted molar refractivity (Wildman–Crippen MR) is 136 cm³/mol. The molecule has 0 N–H and O–H groups in total. The third-order valence-electron chi connectivity index (χ3n) is 4.23. The van der Waals surface area contributed by atoms with Gasteiger partial charge in [0.25, 0.3) is 0 Å². The van der Waals surface area contributed by atoms with Crippen LogP contribution in [0.25, 0.3) is 6.08 Å². The van der Waals surface area contributed by atoms with Crippen LogP contribution in [0.15, 0.2) is 67.5 Å². The van der Waals surface area contributed by atoms with E-state index in [9.17, 15) is 4.79 Å². The largest absolute Gasteiger partial charge is 0.488 e. The highest BCUT2D eigenvalue weighted by Crippen LogP contribution is 2.35. The lowest BCUT2D eigenvalue weighted by Crippen LogP contribution is -2.25. The van der Waals surface area contributed by atoms with Crippen LogP contribution in [0.1, 0.15) is 70.0 Å². The monoisotopic (exact) mass is 448 g/mol. The molecule has 0 saturated heterocycles. The van der Waals surface area contributed by atoms with Gasteiger partial charge in [-0.15, -0.1) is 6.58 Å². The lowest BCUT2D eigenvalue weighted by Gasteiger charge is -2.27. The SMILES string of the molecule is C=CCc1cc(C=CC(=O)c2ccc(OC(=C)C)cc2)c(OC(C)(C)C)cc1OC(C)(C)C. The van der Waals surface area contributed by atoms with E-state index < -0.39 is 5.60 Å². The van der Waals surface area contributed by atoms with Crippen LogP contribution in [-0.4, -0.2) is 17.0 Å². The summed E-state index contributed by atoms with van der Waals surface area (Å²) in [5.74, 6) is 2.53. The Hall–Kier alpha value is -3.27. The van der Waals surface area contributed by atoms with Crippen LogP contribution in [0.4, 0.5) is 0 Å². The first kappa shape index (κ1) is 26.0. The first-order chi connectivity index (χ1) is 15.3. The smallest absolute Gasteiger partial charge is 0.185 e. The molecule has 0 bridgehead atoms. The molecule has 0 aliphatic heterocycles. The Labute approximate surface area is 198 Å². The van der Waals surface area contributed by atoms with Crippen molar-refractivity contribution in [3.8, 4) is 17.2 Å². The number of ether oxygens (including phenoxy) is 3. The Morgan fingerprint density at radius 3 is 2.03 bits per heavy atom. The molecule has 2 aromatic rings. The maximum atomic E-state index is 12.8. The molecule has 2 aromatic carbocycles. The summed E-state index contributed by atoms with van der Waals surface area (Å²) in [6, 6.07) is 10.9. The number of ketones is 1. The highest BCUT2D eigenvalue weighted by Gasteiger charge is 2.20. The predicted octanol–water partition coefficient (Wildman–Crippen LogP) is 7.58. The molecular weight excluding hydrogens is 412 g/mol. The number of allylic oxidation sites excluding steroid dienone is 3. The van der Waals surface area contributed by atoms with E-state index in [-0.39, 0.29) is 11.4 Å². The van der Waals surface area contributed by atoms with Gasteiger partial charge in [0.05, 0.1) is 5.76 Å².